The third-order valence-corrected chi connectivity index (χ3v) is 4.11. The van der Waals surface area contributed by atoms with E-state index in [4.69, 9.17) is 14.2 Å². The first-order valence-corrected chi connectivity index (χ1v) is 7.17. The zero-order chi connectivity index (χ0) is 14.9. The largest absolute Gasteiger partial charge is 0.496 e. The quantitative estimate of drug-likeness (QED) is 0.769. The van der Waals surface area contributed by atoms with Crippen molar-refractivity contribution in [3.05, 3.63) is 40.3 Å². The number of ether oxygens (including phenoxy) is 3. The molecule has 1 aromatic carbocycles. The van der Waals surface area contributed by atoms with Gasteiger partial charge < -0.3 is 14.2 Å². The minimum absolute atomic E-state index is 0.359. The van der Waals surface area contributed by atoms with Crippen LogP contribution in [0, 0.1) is 0 Å². The minimum atomic E-state index is -2.51. The van der Waals surface area contributed by atoms with E-state index in [9.17, 15) is 8.78 Å². The number of rotatable bonds is 6. The summed E-state index contributed by atoms with van der Waals surface area (Å²) in [5.41, 5.74) is 0.0932. The van der Waals surface area contributed by atoms with E-state index in [-0.39, 0.29) is 0 Å². The zero-order valence-corrected chi connectivity index (χ0v) is 12.0. The molecule has 0 radical (unpaired) electrons. The first kappa shape index (κ1) is 14.2. The molecule has 1 aliphatic rings. The average Bonchev–Trinajstić information content (AvgIpc) is 3.11. The normalized spacial score (nSPS) is 20.6. The van der Waals surface area contributed by atoms with Crippen LogP contribution in [0.4, 0.5) is 8.78 Å². The molecule has 0 bridgehead atoms. The second-order valence-electron chi connectivity index (χ2n) is 4.52. The van der Waals surface area contributed by atoms with Gasteiger partial charge in [-0.1, -0.05) is 0 Å². The molecule has 3 rings (SSSR count). The second kappa shape index (κ2) is 5.57. The van der Waals surface area contributed by atoms with E-state index in [0.717, 1.165) is 10.6 Å². The topological polar surface area (TPSA) is 43.9 Å². The van der Waals surface area contributed by atoms with Crippen LogP contribution in [-0.2, 0) is 10.3 Å². The Labute approximate surface area is 124 Å². The predicted molar refractivity (Wildman–Crippen MR) is 73.3 cm³/mol. The summed E-state index contributed by atoms with van der Waals surface area (Å²) in [7, 11) is 1.55. The van der Waals surface area contributed by atoms with Crippen molar-refractivity contribution < 1.29 is 23.0 Å². The van der Waals surface area contributed by atoms with Crippen molar-refractivity contribution in [2.45, 2.75) is 12.0 Å². The molecular formula is C14H13F2NO3S. The summed E-state index contributed by atoms with van der Waals surface area (Å²) >= 11 is 1.48. The number of hydrogen-bond donors (Lipinski definition) is 0. The highest BCUT2D eigenvalue weighted by Crippen LogP contribution is 2.50. The Bertz CT molecular complexity index is 615. The van der Waals surface area contributed by atoms with Gasteiger partial charge in [0.15, 0.2) is 5.60 Å². The van der Waals surface area contributed by atoms with Gasteiger partial charge in [0, 0.05) is 17.1 Å². The SMILES string of the molecule is COc1ccc(OCC(F)F)cc1C1(c2nccs2)CO1. The van der Waals surface area contributed by atoms with Gasteiger partial charge in [0.05, 0.1) is 13.7 Å². The lowest BCUT2D eigenvalue weighted by atomic mass is 9.99. The number of halogens is 2. The number of methoxy groups -OCH3 is 1. The van der Waals surface area contributed by atoms with Gasteiger partial charge in [0.1, 0.15) is 23.1 Å². The molecule has 0 saturated carbocycles. The van der Waals surface area contributed by atoms with Crippen LogP contribution >= 0.6 is 11.3 Å². The Hall–Kier alpha value is -1.73. The van der Waals surface area contributed by atoms with Gasteiger partial charge in [0.2, 0.25) is 0 Å². The highest BCUT2D eigenvalue weighted by Gasteiger charge is 2.52. The van der Waals surface area contributed by atoms with Crippen molar-refractivity contribution in [2.75, 3.05) is 20.3 Å². The number of alkyl halides is 2. The summed E-state index contributed by atoms with van der Waals surface area (Å²) in [6, 6.07) is 4.96. The fourth-order valence-electron chi connectivity index (χ4n) is 2.14. The van der Waals surface area contributed by atoms with Crippen LogP contribution < -0.4 is 9.47 Å². The molecule has 2 aromatic rings. The lowest BCUT2D eigenvalue weighted by molar-refractivity contribution is 0.0818. The number of benzene rings is 1. The molecule has 1 aromatic heterocycles. The molecule has 0 N–H and O–H groups in total. The van der Waals surface area contributed by atoms with E-state index in [2.05, 4.69) is 4.98 Å². The first-order chi connectivity index (χ1) is 10.2. The molecule has 0 aliphatic carbocycles. The van der Waals surface area contributed by atoms with Gasteiger partial charge in [-0.2, -0.15) is 0 Å². The van der Waals surface area contributed by atoms with Crippen molar-refractivity contribution in [3.8, 4) is 11.5 Å². The molecule has 21 heavy (non-hydrogen) atoms. The summed E-state index contributed by atoms with van der Waals surface area (Å²) in [4.78, 5) is 4.28. The van der Waals surface area contributed by atoms with Crippen LogP contribution in [0.3, 0.4) is 0 Å². The van der Waals surface area contributed by atoms with E-state index in [1.54, 1.807) is 31.5 Å². The maximum atomic E-state index is 12.3. The van der Waals surface area contributed by atoms with E-state index >= 15 is 0 Å². The molecule has 2 heterocycles. The van der Waals surface area contributed by atoms with Crippen LogP contribution in [0.25, 0.3) is 0 Å². The van der Waals surface area contributed by atoms with E-state index in [1.807, 2.05) is 5.38 Å². The molecule has 1 aliphatic heterocycles. The average molecular weight is 313 g/mol. The highest BCUT2D eigenvalue weighted by molar-refractivity contribution is 7.09. The summed E-state index contributed by atoms with van der Waals surface area (Å²) in [6.45, 7) is -0.161. The standard InChI is InChI=1S/C14H13F2NO3S/c1-18-11-3-2-9(19-7-12(15)16)6-10(11)14(8-20-14)13-17-4-5-21-13/h2-6,12H,7-8H2,1H3. The number of hydrogen-bond acceptors (Lipinski definition) is 5. The van der Waals surface area contributed by atoms with Gasteiger partial charge in [-0.05, 0) is 18.2 Å². The third kappa shape index (κ3) is 2.71. The Morgan fingerprint density at radius 3 is 2.86 bits per heavy atom. The molecule has 1 unspecified atom stereocenters. The molecule has 0 spiro atoms. The molecule has 1 atom stereocenters. The van der Waals surface area contributed by atoms with Crippen molar-refractivity contribution in [2.24, 2.45) is 0 Å². The van der Waals surface area contributed by atoms with Crippen LogP contribution in [0.15, 0.2) is 29.8 Å². The lowest BCUT2D eigenvalue weighted by Gasteiger charge is -2.16. The van der Waals surface area contributed by atoms with Gasteiger partial charge in [-0.3, -0.25) is 0 Å². The Kier molecular flexibility index (Phi) is 3.77. The second-order valence-corrected chi connectivity index (χ2v) is 5.41. The van der Waals surface area contributed by atoms with Crippen molar-refractivity contribution >= 4 is 11.3 Å². The first-order valence-electron chi connectivity index (χ1n) is 6.29. The Morgan fingerprint density at radius 2 is 2.29 bits per heavy atom. The predicted octanol–water partition coefficient (Wildman–Crippen LogP) is 3.07. The minimum Gasteiger partial charge on any atom is -0.496 e. The van der Waals surface area contributed by atoms with E-state index < -0.39 is 18.6 Å². The van der Waals surface area contributed by atoms with E-state index in [0.29, 0.717) is 18.1 Å². The van der Waals surface area contributed by atoms with Crippen LogP contribution in [0.1, 0.15) is 10.6 Å². The van der Waals surface area contributed by atoms with Crippen molar-refractivity contribution in [1.82, 2.24) is 4.98 Å². The fourth-order valence-corrected chi connectivity index (χ4v) is 2.93. The summed E-state index contributed by atoms with van der Waals surface area (Å²) in [5, 5.41) is 2.68. The van der Waals surface area contributed by atoms with Gasteiger partial charge in [0.25, 0.3) is 6.43 Å². The number of epoxide rings is 1. The maximum absolute atomic E-state index is 12.3. The molecule has 112 valence electrons. The van der Waals surface area contributed by atoms with Crippen molar-refractivity contribution in [1.29, 1.82) is 0 Å². The highest BCUT2D eigenvalue weighted by atomic mass is 32.1. The summed E-state index contributed by atoms with van der Waals surface area (Å²) in [6.07, 6.45) is -0.812. The van der Waals surface area contributed by atoms with Gasteiger partial charge >= 0.3 is 0 Å². The number of thiazole rings is 1. The molecule has 1 fully saturated rings. The third-order valence-electron chi connectivity index (χ3n) is 3.19. The molecule has 7 heteroatoms. The monoisotopic (exact) mass is 313 g/mol. The summed E-state index contributed by atoms with van der Waals surface area (Å²) in [5.74, 6) is 0.977. The van der Waals surface area contributed by atoms with Gasteiger partial charge in [-0.25, -0.2) is 13.8 Å². The lowest BCUT2D eigenvalue weighted by Crippen LogP contribution is -2.13. The summed E-state index contributed by atoms with van der Waals surface area (Å²) < 4.78 is 40.5. The number of nitrogens with zero attached hydrogens (tertiary/aromatic N) is 1. The molecular weight excluding hydrogens is 300 g/mol. The van der Waals surface area contributed by atoms with Crippen LogP contribution in [-0.4, -0.2) is 31.7 Å². The van der Waals surface area contributed by atoms with Crippen LogP contribution in [0.2, 0.25) is 0 Å². The van der Waals surface area contributed by atoms with Crippen molar-refractivity contribution in [3.63, 3.8) is 0 Å². The molecule has 0 amide bonds. The smallest absolute Gasteiger partial charge is 0.272 e. The van der Waals surface area contributed by atoms with E-state index in [1.165, 1.54) is 11.3 Å². The Morgan fingerprint density at radius 1 is 1.48 bits per heavy atom. The fraction of sp³-hybridized carbons (Fsp3) is 0.357. The Balaban J connectivity index is 1.95. The zero-order valence-electron chi connectivity index (χ0n) is 11.2. The van der Waals surface area contributed by atoms with Crippen LogP contribution in [0.5, 0.6) is 11.5 Å². The number of aromatic nitrogens is 1. The van der Waals surface area contributed by atoms with Gasteiger partial charge in [-0.15, -0.1) is 11.3 Å². The molecule has 4 nitrogen and oxygen atoms in total. The molecule has 1 saturated heterocycles. The maximum Gasteiger partial charge on any atom is 0.272 e.